The van der Waals surface area contributed by atoms with Crippen LogP contribution in [0.1, 0.15) is 24.9 Å². The first-order valence-electron chi connectivity index (χ1n) is 10.7. The molecule has 2 N–H and O–H groups in total. The van der Waals surface area contributed by atoms with Crippen LogP contribution in [-0.4, -0.2) is 69.3 Å². The number of methoxy groups -OCH3 is 1. The van der Waals surface area contributed by atoms with Crippen LogP contribution >= 0.6 is 0 Å². The Balaban J connectivity index is 1.67. The summed E-state index contributed by atoms with van der Waals surface area (Å²) < 4.78 is 19.5. The molecule has 31 heavy (non-hydrogen) atoms. The van der Waals surface area contributed by atoms with Crippen LogP contribution in [0, 0.1) is 5.82 Å². The van der Waals surface area contributed by atoms with Crippen LogP contribution in [-0.2, 0) is 0 Å². The molecule has 1 aliphatic rings. The van der Waals surface area contributed by atoms with E-state index in [0.29, 0.717) is 18.9 Å². The fourth-order valence-electron chi connectivity index (χ4n) is 3.79. The van der Waals surface area contributed by atoms with Crippen molar-refractivity contribution in [1.82, 2.24) is 20.5 Å². The van der Waals surface area contributed by atoms with Crippen molar-refractivity contribution in [2.24, 2.45) is 4.99 Å². The third-order valence-corrected chi connectivity index (χ3v) is 5.44. The summed E-state index contributed by atoms with van der Waals surface area (Å²) in [7, 11) is 5.78. The Morgan fingerprint density at radius 3 is 2.90 bits per heavy atom. The van der Waals surface area contributed by atoms with E-state index in [1.54, 1.807) is 19.4 Å². The van der Waals surface area contributed by atoms with Gasteiger partial charge in [0.15, 0.2) is 17.6 Å². The summed E-state index contributed by atoms with van der Waals surface area (Å²) >= 11 is 0. The monoisotopic (exact) mass is 428 g/mol. The van der Waals surface area contributed by atoms with Crippen molar-refractivity contribution in [3.8, 4) is 5.75 Å². The molecular formula is C23H33FN6O. The van der Waals surface area contributed by atoms with Crippen LogP contribution in [0.3, 0.4) is 0 Å². The van der Waals surface area contributed by atoms with Crippen LogP contribution in [0.15, 0.2) is 47.6 Å². The van der Waals surface area contributed by atoms with Gasteiger partial charge in [0.1, 0.15) is 5.75 Å². The maximum Gasteiger partial charge on any atom is 0.191 e. The van der Waals surface area contributed by atoms with Crippen LogP contribution in [0.2, 0.25) is 0 Å². The number of rotatable bonds is 8. The molecule has 0 bridgehead atoms. The average molecular weight is 429 g/mol. The maximum absolute atomic E-state index is 14.1. The summed E-state index contributed by atoms with van der Waals surface area (Å²) in [5, 5.41) is 6.84. The van der Waals surface area contributed by atoms with Crippen LogP contribution < -0.4 is 20.3 Å². The number of nitrogens with one attached hydrogen (secondary N) is 2. The van der Waals surface area contributed by atoms with Crippen molar-refractivity contribution in [2.45, 2.75) is 25.4 Å². The molecule has 2 unspecified atom stereocenters. The zero-order valence-electron chi connectivity index (χ0n) is 18.8. The predicted octanol–water partition coefficient (Wildman–Crippen LogP) is 2.67. The van der Waals surface area contributed by atoms with E-state index >= 15 is 0 Å². The van der Waals surface area contributed by atoms with Gasteiger partial charge in [-0.3, -0.25) is 4.99 Å². The van der Waals surface area contributed by atoms with Crippen LogP contribution in [0.5, 0.6) is 5.75 Å². The van der Waals surface area contributed by atoms with Crippen molar-refractivity contribution in [2.75, 3.05) is 52.3 Å². The number of guanidine groups is 1. The Labute approximate surface area is 184 Å². The number of aliphatic imine (C=N–C) groups is 1. The first-order chi connectivity index (χ1) is 15.0. The van der Waals surface area contributed by atoms with Gasteiger partial charge in [-0.15, -0.1) is 0 Å². The van der Waals surface area contributed by atoms with E-state index < -0.39 is 0 Å². The molecule has 2 aromatic rings. The average Bonchev–Trinajstić information content (AvgIpc) is 3.22. The molecule has 3 rings (SSSR count). The van der Waals surface area contributed by atoms with Gasteiger partial charge in [0, 0.05) is 31.9 Å². The lowest BCUT2D eigenvalue weighted by atomic mass is 10.1. The standard InChI is InChI=1S/C23H33FN6O/c1-5-25-23(27-15-21(29(2)3)17-8-6-9-19(14-17)31-4)28-18-11-13-30(16-18)22-20(24)10-7-12-26-22/h6-10,12,14,18,21H,5,11,13,15-16H2,1-4H3,(H2,25,27,28). The Hall–Kier alpha value is -2.87. The molecular weight excluding hydrogens is 395 g/mol. The lowest BCUT2D eigenvalue weighted by Gasteiger charge is -2.25. The third-order valence-electron chi connectivity index (χ3n) is 5.44. The maximum atomic E-state index is 14.1. The highest BCUT2D eigenvalue weighted by molar-refractivity contribution is 5.80. The van der Waals surface area contributed by atoms with Gasteiger partial charge in [-0.05, 0) is 57.3 Å². The number of benzene rings is 1. The molecule has 1 fully saturated rings. The largest absolute Gasteiger partial charge is 0.497 e. The molecule has 7 nitrogen and oxygen atoms in total. The summed E-state index contributed by atoms with van der Waals surface area (Å²) in [5.74, 6) is 1.74. The number of anilines is 1. The number of hydrogen-bond acceptors (Lipinski definition) is 5. The molecule has 0 saturated carbocycles. The first-order valence-corrected chi connectivity index (χ1v) is 10.7. The quantitative estimate of drug-likeness (QED) is 0.498. The lowest BCUT2D eigenvalue weighted by Crippen LogP contribution is -2.45. The number of aromatic nitrogens is 1. The van der Waals surface area contributed by atoms with Crippen molar-refractivity contribution in [1.29, 1.82) is 0 Å². The molecule has 1 aromatic carbocycles. The Bertz CT molecular complexity index is 875. The second kappa shape index (κ2) is 10.9. The summed E-state index contributed by atoms with van der Waals surface area (Å²) in [6.07, 6.45) is 2.53. The SMILES string of the molecule is CCNC(=NCC(c1cccc(OC)c1)N(C)C)NC1CCN(c2ncccc2F)C1. The second-order valence-electron chi connectivity index (χ2n) is 7.86. The molecule has 1 saturated heterocycles. The number of halogens is 1. The second-order valence-corrected chi connectivity index (χ2v) is 7.86. The minimum Gasteiger partial charge on any atom is -0.497 e. The smallest absolute Gasteiger partial charge is 0.191 e. The molecule has 0 amide bonds. The van der Waals surface area contributed by atoms with Crippen molar-refractivity contribution in [3.05, 3.63) is 54.0 Å². The number of pyridine rings is 1. The normalized spacial score (nSPS) is 17.7. The Morgan fingerprint density at radius 1 is 1.35 bits per heavy atom. The lowest BCUT2D eigenvalue weighted by molar-refractivity contribution is 0.305. The molecule has 1 aliphatic heterocycles. The fourth-order valence-corrected chi connectivity index (χ4v) is 3.79. The Morgan fingerprint density at radius 2 is 2.19 bits per heavy atom. The molecule has 0 radical (unpaired) electrons. The van der Waals surface area contributed by atoms with E-state index in [1.165, 1.54) is 6.07 Å². The summed E-state index contributed by atoms with van der Waals surface area (Å²) in [5.41, 5.74) is 1.15. The molecule has 8 heteroatoms. The van der Waals surface area contributed by atoms with Gasteiger partial charge < -0.3 is 25.2 Å². The van der Waals surface area contributed by atoms with E-state index in [-0.39, 0.29) is 17.9 Å². The first kappa shape index (κ1) is 22.8. The van der Waals surface area contributed by atoms with E-state index in [2.05, 4.69) is 46.7 Å². The minimum atomic E-state index is -0.282. The van der Waals surface area contributed by atoms with Crippen LogP contribution in [0.4, 0.5) is 10.2 Å². The van der Waals surface area contributed by atoms with E-state index in [4.69, 9.17) is 9.73 Å². The van der Waals surface area contributed by atoms with Crippen molar-refractivity contribution >= 4 is 11.8 Å². The minimum absolute atomic E-state index is 0.119. The topological polar surface area (TPSA) is 65.0 Å². The van der Waals surface area contributed by atoms with E-state index in [0.717, 1.165) is 36.8 Å². The van der Waals surface area contributed by atoms with Gasteiger partial charge >= 0.3 is 0 Å². The highest BCUT2D eigenvalue weighted by Crippen LogP contribution is 2.23. The van der Waals surface area contributed by atoms with Crippen LogP contribution in [0.25, 0.3) is 0 Å². The zero-order valence-corrected chi connectivity index (χ0v) is 18.8. The van der Waals surface area contributed by atoms with Gasteiger partial charge in [-0.25, -0.2) is 9.37 Å². The molecule has 0 spiro atoms. The van der Waals surface area contributed by atoms with Crippen molar-refractivity contribution in [3.63, 3.8) is 0 Å². The van der Waals surface area contributed by atoms with Crippen molar-refractivity contribution < 1.29 is 9.13 Å². The molecule has 0 aliphatic carbocycles. The summed E-state index contributed by atoms with van der Waals surface area (Å²) in [6, 6.07) is 11.5. The highest BCUT2D eigenvalue weighted by Gasteiger charge is 2.26. The van der Waals surface area contributed by atoms with Gasteiger partial charge in [0.2, 0.25) is 0 Å². The van der Waals surface area contributed by atoms with Gasteiger partial charge in [0.05, 0.1) is 19.7 Å². The van der Waals surface area contributed by atoms with E-state index in [9.17, 15) is 4.39 Å². The van der Waals surface area contributed by atoms with Gasteiger partial charge in [0.25, 0.3) is 0 Å². The molecule has 1 aromatic heterocycles. The Kier molecular flexibility index (Phi) is 8.06. The highest BCUT2D eigenvalue weighted by atomic mass is 19.1. The zero-order chi connectivity index (χ0) is 22.2. The third kappa shape index (κ3) is 6.07. The molecule has 2 atom stereocenters. The fraction of sp³-hybridized carbons (Fsp3) is 0.478. The number of hydrogen-bond donors (Lipinski definition) is 2. The van der Waals surface area contributed by atoms with Gasteiger partial charge in [-0.1, -0.05) is 12.1 Å². The number of ether oxygens (including phenoxy) is 1. The van der Waals surface area contributed by atoms with E-state index in [1.807, 2.05) is 24.0 Å². The van der Waals surface area contributed by atoms with Gasteiger partial charge in [-0.2, -0.15) is 0 Å². The molecule has 2 heterocycles. The number of nitrogens with zero attached hydrogens (tertiary/aromatic N) is 4. The number of likely N-dealkylation sites (N-methyl/N-ethyl adjacent to an activating group) is 1. The summed E-state index contributed by atoms with van der Waals surface area (Å²) in [6.45, 7) is 4.86. The molecule has 168 valence electrons. The predicted molar refractivity (Wildman–Crippen MR) is 123 cm³/mol. The summed E-state index contributed by atoms with van der Waals surface area (Å²) in [4.78, 5) is 13.2.